The number of sulfonamides is 1. The quantitative estimate of drug-likeness (QED) is 0.584. The van der Waals surface area contributed by atoms with Crippen LogP contribution >= 0.6 is 0 Å². The van der Waals surface area contributed by atoms with Crippen LogP contribution in [0.1, 0.15) is 45.7 Å². The molecule has 0 spiro atoms. The first-order chi connectivity index (χ1) is 15.7. The summed E-state index contributed by atoms with van der Waals surface area (Å²) in [5, 5.41) is 2.80. The van der Waals surface area contributed by atoms with Gasteiger partial charge in [-0.1, -0.05) is 36.4 Å². The van der Waals surface area contributed by atoms with E-state index in [4.69, 9.17) is 4.74 Å². The molecule has 0 fully saturated rings. The molecule has 0 aromatic heterocycles. The summed E-state index contributed by atoms with van der Waals surface area (Å²) < 4.78 is 32.5. The predicted molar refractivity (Wildman–Crippen MR) is 125 cm³/mol. The van der Waals surface area contributed by atoms with Gasteiger partial charge in [-0.25, -0.2) is 12.7 Å². The van der Waals surface area contributed by atoms with Gasteiger partial charge < -0.3 is 10.1 Å². The van der Waals surface area contributed by atoms with E-state index in [2.05, 4.69) is 5.32 Å². The lowest BCUT2D eigenvalue weighted by atomic mass is 10.1. The van der Waals surface area contributed by atoms with Crippen molar-refractivity contribution in [3.8, 4) is 5.75 Å². The lowest BCUT2D eigenvalue weighted by molar-refractivity contribution is 0.0846. The maximum atomic E-state index is 13.0. The van der Waals surface area contributed by atoms with Crippen LogP contribution in [0.2, 0.25) is 0 Å². The first-order valence-corrected chi connectivity index (χ1v) is 11.9. The number of carbonyl (C=O) groups excluding carboxylic acids is 2. The molecule has 4 rings (SSSR count). The molecule has 3 aromatic rings. The summed E-state index contributed by atoms with van der Waals surface area (Å²) in [7, 11) is -4.00. The van der Waals surface area contributed by atoms with E-state index in [0.717, 1.165) is 15.4 Å². The molecule has 0 aliphatic carbocycles. The fraction of sp³-hybridized carbons (Fsp3) is 0.200. The third-order valence-electron chi connectivity index (χ3n) is 5.30. The highest BCUT2D eigenvalue weighted by Crippen LogP contribution is 2.33. The number of carbonyl (C=O) groups is 2. The van der Waals surface area contributed by atoms with Gasteiger partial charge in [0.05, 0.1) is 11.3 Å². The van der Waals surface area contributed by atoms with Crippen molar-refractivity contribution in [3.63, 3.8) is 0 Å². The molecule has 0 unspecified atom stereocenters. The monoisotopic (exact) mass is 464 g/mol. The molecule has 1 aliphatic heterocycles. The van der Waals surface area contributed by atoms with E-state index in [1.807, 2.05) is 49.4 Å². The molecule has 2 amide bonds. The summed E-state index contributed by atoms with van der Waals surface area (Å²) in [6.07, 6.45) is 0. The second kappa shape index (κ2) is 8.71. The van der Waals surface area contributed by atoms with E-state index >= 15 is 0 Å². The average molecular weight is 465 g/mol. The van der Waals surface area contributed by atoms with Gasteiger partial charge in [-0.05, 0) is 62.2 Å². The van der Waals surface area contributed by atoms with Crippen LogP contribution < -0.4 is 10.1 Å². The zero-order valence-corrected chi connectivity index (χ0v) is 19.3. The number of hydrogen-bond donors (Lipinski definition) is 1. The number of ether oxygens (including phenoxy) is 1. The van der Waals surface area contributed by atoms with Crippen LogP contribution in [-0.4, -0.2) is 30.6 Å². The van der Waals surface area contributed by atoms with Crippen molar-refractivity contribution in [1.29, 1.82) is 0 Å². The van der Waals surface area contributed by atoms with E-state index in [0.29, 0.717) is 18.0 Å². The number of nitrogens with one attached hydrogen (secondary N) is 1. The molecule has 0 radical (unpaired) electrons. The van der Waals surface area contributed by atoms with Crippen LogP contribution in [0.5, 0.6) is 5.75 Å². The fourth-order valence-corrected chi connectivity index (χ4v) is 5.47. The Balaban J connectivity index is 1.59. The van der Waals surface area contributed by atoms with Gasteiger partial charge in [-0.15, -0.1) is 0 Å². The highest BCUT2D eigenvalue weighted by atomic mass is 32.2. The zero-order valence-electron chi connectivity index (χ0n) is 18.5. The Morgan fingerprint density at radius 3 is 2.45 bits per heavy atom. The maximum Gasteiger partial charge on any atom is 0.269 e. The molecule has 170 valence electrons. The molecule has 0 atom stereocenters. The molecule has 7 nitrogen and oxygen atoms in total. The Labute approximate surface area is 193 Å². The van der Waals surface area contributed by atoms with Gasteiger partial charge in [0.2, 0.25) is 0 Å². The lowest BCUT2D eigenvalue weighted by Crippen LogP contribution is -2.36. The second-order valence-corrected chi connectivity index (χ2v) is 9.92. The Kier molecular flexibility index (Phi) is 5.95. The molecule has 8 heteroatoms. The van der Waals surface area contributed by atoms with Crippen molar-refractivity contribution < 1.29 is 22.7 Å². The second-order valence-electron chi connectivity index (χ2n) is 8.14. The number of amides is 2. The SMILES string of the molecule is Cc1ccc(NC(=O)c2ccc3c(c2)S(=O)(=O)N(C(C)C)C3=O)c(OCc2ccccc2)c1. The minimum Gasteiger partial charge on any atom is -0.487 e. The molecule has 0 saturated carbocycles. The van der Waals surface area contributed by atoms with Gasteiger partial charge in [0.1, 0.15) is 17.3 Å². The van der Waals surface area contributed by atoms with Crippen molar-refractivity contribution in [3.05, 3.63) is 89.0 Å². The number of benzene rings is 3. The van der Waals surface area contributed by atoms with E-state index in [-0.39, 0.29) is 16.0 Å². The van der Waals surface area contributed by atoms with Crippen molar-refractivity contribution in [2.75, 3.05) is 5.32 Å². The Hall–Kier alpha value is -3.65. The highest BCUT2D eigenvalue weighted by molar-refractivity contribution is 7.90. The van der Waals surface area contributed by atoms with Crippen molar-refractivity contribution in [1.82, 2.24) is 4.31 Å². The van der Waals surface area contributed by atoms with E-state index in [1.165, 1.54) is 18.2 Å². The molecule has 33 heavy (non-hydrogen) atoms. The number of fused-ring (bicyclic) bond motifs is 1. The molecule has 0 saturated heterocycles. The van der Waals surface area contributed by atoms with Crippen LogP contribution in [-0.2, 0) is 16.6 Å². The fourth-order valence-electron chi connectivity index (χ4n) is 3.68. The van der Waals surface area contributed by atoms with Gasteiger partial charge in [0, 0.05) is 11.6 Å². The van der Waals surface area contributed by atoms with Crippen LogP contribution in [0.3, 0.4) is 0 Å². The summed E-state index contributed by atoms with van der Waals surface area (Å²) in [6.45, 7) is 5.51. The summed E-state index contributed by atoms with van der Waals surface area (Å²) >= 11 is 0. The van der Waals surface area contributed by atoms with Gasteiger partial charge in [-0.2, -0.15) is 0 Å². The maximum absolute atomic E-state index is 13.0. The van der Waals surface area contributed by atoms with Crippen LogP contribution in [0.15, 0.2) is 71.6 Å². The molecule has 1 aliphatic rings. The van der Waals surface area contributed by atoms with Crippen LogP contribution in [0.4, 0.5) is 5.69 Å². The predicted octanol–water partition coefficient (Wildman–Crippen LogP) is 4.38. The molecule has 1 heterocycles. The normalized spacial score (nSPS) is 14.3. The highest BCUT2D eigenvalue weighted by Gasteiger charge is 2.42. The largest absolute Gasteiger partial charge is 0.487 e. The molecular formula is C25H24N2O5S. The minimum atomic E-state index is -4.00. The van der Waals surface area contributed by atoms with Crippen LogP contribution in [0.25, 0.3) is 0 Å². The molecule has 1 N–H and O–H groups in total. The summed E-state index contributed by atoms with van der Waals surface area (Å²) in [4.78, 5) is 25.3. The molecular weight excluding hydrogens is 440 g/mol. The number of anilines is 1. The van der Waals surface area contributed by atoms with E-state index in [9.17, 15) is 18.0 Å². The Morgan fingerprint density at radius 1 is 1.03 bits per heavy atom. The van der Waals surface area contributed by atoms with E-state index in [1.54, 1.807) is 19.9 Å². The topological polar surface area (TPSA) is 92.8 Å². The summed E-state index contributed by atoms with van der Waals surface area (Å²) in [5.74, 6) is -0.582. The average Bonchev–Trinajstić information content (AvgIpc) is 2.99. The van der Waals surface area contributed by atoms with Gasteiger partial charge in [0.15, 0.2) is 0 Å². The van der Waals surface area contributed by atoms with E-state index < -0.39 is 27.9 Å². The molecule has 0 bridgehead atoms. The van der Waals surface area contributed by atoms with Crippen molar-refractivity contribution in [2.45, 2.75) is 38.3 Å². The number of rotatable bonds is 6. The van der Waals surface area contributed by atoms with Crippen LogP contribution in [0, 0.1) is 6.92 Å². The van der Waals surface area contributed by atoms with Gasteiger partial charge in [0.25, 0.3) is 21.8 Å². The zero-order chi connectivity index (χ0) is 23.8. The number of hydrogen-bond acceptors (Lipinski definition) is 5. The Morgan fingerprint density at radius 2 is 1.76 bits per heavy atom. The summed E-state index contributed by atoms with van der Waals surface area (Å²) in [6, 6.07) is 18.6. The minimum absolute atomic E-state index is 0.0717. The lowest BCUT2D eigenvalue weighted by Gasteiger charge is -2.18. The first-order valence-electron chi connectivity index (χ1n) is 10.5. The van der Waals surface area contributed by atoms with Crippen molar-refractivity contribution in [2.24, 2.45) is 0 Å². The smallest absolute Gasteiger partial charge is 0.269 e. The first kappa shape index (κ1) is 22.5. The van der Waals surface area contributed by atoms with Crippen molar-refractivity contribution >= 4 is 27.5 Å². The van der Waals surface area contributed by atoms with Gasteiger partial charge in [-0.3, -0.25) is 9.59 Å². The third-order valence-corrected chi connectivity index (χ3v) is 7.30. The summed E-state index contributed by atoms with van der Waals surface area (Å²) in [5.41, 5.74) is 2.61. The standard InChI is InChI=1S/C25H24N2O5S/c1-16(2)27-25(29)20-11-10-19(14-23(20)33(27,30)31)24(28)26-21-12-9-17(3)13-22(21)32-15-18-7-5-4-6-8-18/h4-14,16H,15H2,1-3H3,(H,26,28). The Bertz CT molecular complexity index is 1330. The van der Waals surface area contributed by atoms with Gasteiger partial charge >= 0.3 is 0 Å². The number of aryl methyl sites for hydroxylation is 1. The third kappa shape index (κ3) is 4.34. The number of nitrogens with zero attached hydrogens (tertiary/aromatic N) is 1. The molecule has 3 aromatic carbocycles.